The first-order chi connectivity index (χ1) is 9.09. The van der Waals surface area contributed by atoms with E-state index in [-0.39, 0.29) is 23.9 Å². The number of rotatable bonds is 3. The Morgan fingerprint density at radius 1 is 1.47 bits per heavy atom. The third kappa shape index (κ3) is 3.32. The number of nitrogens with two attached hydrogens (primary N) is 1. The molecule has 6 heteroatoms. The number of carbonyl (C=O) groups excluding carboxylic acids is 1. The van der Waals surface area contributed by atoms with E-state index in [4.69, 9.17) is 5.73 Å². The monoisotopic (exact) mass is 265 g/mol. The van der Waals surface area contributed by atoms with Crippen molar-refractivity contribution in [1.29, 1.82) is 0 Å². The molecule has 1 heterocycles. The molecule has 1 amide bonds. The highest BCUT2D eigenvalue weighted by atomic mass is 16.2. The maximum absolute atomic E-state index is 12.3. The summed E-state index contributed by atoms with van der Waals surface area (Å²) in [5, 5.41) is 10.9. The molecule has 0 bridgehead atoms. The van der Waals surface area contributed by atoms with Gasteiger partial charge in [-0.3, -0.25) is 4.79 Å². The predicted octanol–water partition coefficient (Wildman–Crippen LogP) is 0.900. The van der Waals surface area contributed by atoms with Gasteiger partial charge in [-0.25, -0.2) is 0 Å². The summed E-state index contributed by atoms with van der Waals surface area (Å²) >= 11 is 0. The van der Waals surface area contributed by atoms with E-state index < -0.39 is 0 Å². The van der Waals surface area contributed by atoms with Gasteiger partial charge in [0.05, 0.1) is 12.0 Å². The van der Waals surface area contributed by atoms with Gasteiger partial charge in [-0.05, 0) is 19.8 Å². The van der Waals surface area contributed by atoms with Crippen molar-refractivity contribution in [3.05, 3.63) is 12.2 Å². The SMILES string of the molecule is CC(NC(=O)C1CCCCCC1N)c1nncn1C. The van der Waals surface area contributed by atoms with Crippen molar-refractivity contribution >= 4 is 5.91 Å². The van der Waals surface area contributed by atoms with Gasteiger partial charge < -0.3 is 15.6 Å². The third-order valence-electron chi connectivity index (χ3n) is 3.90. The van der Waals surface area contributed by atoms with Crippen molar-refractivity contribution in [2.24, 2.45) is 18.7 Å². The van der Waals surface area contributed by atoms with E-state index in [1.54, 1.807) is 6.33 Å². The maximum atomic E-state index is 12.3. The van der Waals surface area contributed by atoms with Crippen LogP contribution < -0.4 is 11.1 Å². The molecule has 6 nitrogen and oxygen atoms in total. The predicted molar refractivity (Wildman–Crippen MR) is 72.1 cm³/mol. The maximum Gasteiger partial charge on any atom is 0.225 e. The number of aromatic nitrogens is 3. The molecule has 3 atom stereocenters. The molecule has 1 saturated carbocycles. The van der Waals surface area contributed by atoms with Gasteiger partial charge in [0, 0.05) is 13.1 Å². The highest BCUT2D eigenvalue weighted by molar-refractivity contribution is 5.79. The van der Waals surface area contributed by atoms with Crippen LogP contribution >= 0.6 is 0 Å². The summed E-state index contributed by atoms with van der Waals surface area (Å²) in [5.74, 6) is 0.735. The lowest BCUT2D eigenvalue weighted by Crippen LogP contribution is -2.42. The zero-order valence-electron chi connectivity index (χ0n) is 11.7. The Hall–Kier alpha value is -1.43. The first kappa shape index (κ1) is 14.0. The molecule has 2 rings (SSSR count). The van der Waals surface area contributed by atoms with E-state index in [1.165, 1.54) is 6.42 Å². The molecule has 106 valence electrons. The number of aryl methyl sites for hydroxylation is 1. The van der Waals surface area contributed by atoms with Crippen LogP contribution in [-0.4, -0.2) is 26.7 Å². The summed E-state index contributed by atoms with van der Waals surface area (Å²) in [6.45, 7) is 1.92. The van der Waals surface area contributed by atoms with E-state index in [9.17, 15) is 4.79 Å². The molecule has 1 aromatic rings. The molecule has 3 N–H and O–H groups in total. The molecule has 19 heavy (non-hydrogen) atoms. The fraction of sp³-hybridized carbons (Fsp3) is 0.769. The molecule has 0 spiro atoms. The first-order valence-corrected chi connectivity index (χ1v) is 6.99. The van der Waals surface area contributed by atoms with Gasteiger partial charge in [-0.2, -0.15) is 0 Å². The smallest absolute Gasteiger partial charge is 0.225 e. The Bertz CT molecular complexity index is 430. The summed E-state index contributed by atoms with van der Waals surface area (Å²) < 4.78 is 1.82. The van der Waals surface area contributed by atoms with Crippen LogP contribution in [0.15, 0.2) is 6.33 Å². The highest BCUT2D eigenvalue weighted by Crippen LogP contribution is 2.23. The summed E-state index contributed by atoms with van der Waals surface area (Å²) in [6, 6.07) is -0.162. The van der Waals surface area contributed by atoms with E-state index in [0.717, 1.165) is 31.5 Å². The van der Waals surface area contributed by atoms with Gasteiger partial charge >= 0.3 is 0 Å². The Morgan fingerprint density at radius 2 is 2.21 bits per heavy atom. The quantitative estimate of drug-likeness (QED) is 0.795. The Labute approximate surface area is 113 Å². The molecule has 1 aliphatic rings. The number of amides is 1. The van der Waals surface area contributed by atoms with Gasteiger partial charge in [-0.15, -0.1) is 10.2 Å². The zero-order chi connectivity index (χ0) is 13.8. The van der Waals surface area contributed by atoms with Crippen LogP contribution in [0.2, 0.25) is 0 Å². The number of carbonyl (C=O) groups is 1. The van der Waals surface area contributed by atoms with Gasteiger partial charge in [0.2, 0.25) is 5.91 Å². The minimum Gasteiger partial charge on any atom is -0.346 e. The van der Waals surface area contributed by atoms with Crippen molar-refractivity contribution in [3.8, 4) is 0 Å². The Balaban J connectivity index is 1.98. The fourth-order valence-corrected chi connectivity index (χ4v) is 2.73. The lowest BCUT2D eigenvalue weighted by Gasteiger charge is -2.22. The topological polar surface area (TPSA) is 85.8 Å². The van der Waals surface area contributed by atoms with Gasteiger partial charge in [-0.1, -0.05) is 19.3 Å². The van der Waals surface area contributed by atoms with Crippen molar-refractivity contribution in [2.75, 3.05) is 0 Å². The normalized spacial score (nSPS) is 25.6. The van der Waals surface area contributed by atoms with Crippen molar-refractivity contribution in [3.63, 3.8) is 0 Å². The van der Waals surface area contributed by atoms with Crippen LogP contribution in [-0.2, 0) is 11.8 Å². The van der Waals surface area contributed by atoms with E-state index in [2.05, 4.69) is 15.5 Å². The highest BCUT2D eigenvalue weighted by Gasteiger charge is 2.28. The average molecular weight is 265 g/mol. The molecule has 1 aromatic heterocycles. The van der Waals surface area contributed by atoms with Crippen LogP contribution in [0.1, 0.15) is 50.9 Å². The molecule has 0 saturated heterocycles. The summed E-state index contributed by atoms with van der Waals surface area (Å²) in [6.07, 6.45) is 6.86. The summed E-state index contributed by atoms with van der Waals surface area (Å²) in [7, 11) is 1.87. The largest absolute Gasteiger partial charge is 0.346 e. The second-order valence-electron chi connectivity index (χ2n) is 5.44. The molecular formula is C13H23N5O. The molecular weight excluding hydrogens is 242 g/mol. The van der Waals surface area contributed by atoms with Crippen LogP contribution in [0, 0.1) is 5.92 Å². The van der Waals surface area contributed by atoms with Gasteiger partial charge in [0.1, 0.15) is 6.33 Å². The van der Waals surface area contributed by atoms with Crippen molar-refractivity contribution < 1.29 is 4.79 Å². The van der Waals surface area contributed by atoms with E-state index in [0.29, 0.717) is 0 Å². The average Bonchev–Trinajstić information content (AvgIpc) is 2.67. The summed E-state index contributed by atoms with van der Waals surface area (Å²) in [4.78, 5) is 12.3. The Kier molecular flexibility index (Phi) is 4.52. The molecule has 0 aliphatic heterocycles. The Morgan fingerprint density at radius 3 is 2.89 bits per heavy atom. The van der Waals surface area contributed by atoms with Crippen LogP contribution in [0.3, 0.4) is 0 Å². The second kappa shape index (κ2) is 6.14. The summed E-state index contributed by atoms with van der Waals surface area (Å²) in [5.41, 5.74) is 6.11. The number of nitrogens with one attached hydrogen (secondary N) is 1. The van der Waals surface area contributed by atoms with Crippen molar-refractivity contribution in [1.82, 2.24) is 20.1 Å². The van der Waals surface area contributed by atoms with Crippen LogP contribution in [0.25, 0.3) is 0 Å². The molecule has 1 fully saturated rings. The van der Waals surface area contributed by atoms with Crippen LogP contribution in [0.4, 0.5) is 0 Å². The number of hydrogen-bond acceptors (Lipinski definition) is 4. The number of nitrogens with zero attached hydrogens (tertiary/aromatic N) is 3. The van der Waals surface area contributed by atoms with Crippen molar-refractivity contribution in [2.45, 2.75) is 51.1 Å². The number of hydrogen-bond donors (Lipinski definition) is 2. The minimum atomic E-state index is -0.143. The zero-order valence-corrected chi connectivity index (χ0v) is 11.7. The van der Waals surface area contributed by atoms with E-state index in [1.807, 2.05) is 18.5 Å². The third-order valence-corrected chi connectivity index (χ3v) is 3.90. The van der Waals surface area contributed by atoms with Gasteiger partial charge in [0.15, 0.2) is 5.82 Å². The molecule has 3 unspecified atom stereocenters. The molecule has 0 aromatic carbocycles. The first-order valence-electron chi connectivity index (χ1n) is 6.99. The fourth-order valence-electron chi connectivity index (χ4n) is 2.73. The van der Waals surface area contributed by atoms with E-state index >= 15 is 0 Å². The lowest BCUT2D eigenvalue weighted by molar-refractivity contribution is -0.126. The minimum absolute atomic E-state index is 0.0193. The second-order valence-corrected chi connectivity index (χ2v) is 5.44. The molecule has 1 aliphatic carbocycles. The van der Waals surface area contributed by atoms with Gasteiger partial charge in [0.25, 0.3) is 0 Å². The lowest BCUT2D eigenvalue weighted by atomic mass is 9.94. The van der Waals surface area contributed by atoms with Crippen LogP contribution in [0.5, 0.6) is 0 Å². The molecule has 0 radical (unpaired) electrons. The standard InChI is InChI=1S/C13H23N5O/c1-9(12-17-15-8-18(12)2)16-13(19)10-6-4-3-5-7-11(10)14/h8-11H,3-7,14H2,1-2H3,(H,16,19).